The number of para-hydroxylation sites is 1. The minimum atomic E-state index is -1.26. The molecule has 1 aromatic rings. The summed E-state index contributed by atoms with van der Waals surface area (Å²) in [7, 11) is 0. The number of rotatable bonds is 5. The third-order valence-electron chi connectivity index (χ3n) is 2.95. The van der Waals surface area contributed by atoms with Gasteiger partial charge in [-0.15, -0.1) is 11.8 Å². The topological polar surface area (TPSA) is 105 Å². The largest absolute Gasteiger partial charge is 0.544 e. The second-order valence-corrected chi connectivity index (χ2v) is 5.68. The average molecular weight is 294 g/mol. The first-order chi connectivity index (χ1) is 9.50. The first-order valence-electron chi connectivity index (χ1n) is 6.08. The fourth-order valence-electron chi connectivity index (χ4n) is 1.88. The second-order valence-electron chi connectivity index (χ2n) is 4.44. The van der Waals surface area contributed by atoms with Gasteiger partial charge in [-0.25, -0.2) is 4.90 Å². The van der Waals surface area contributed by atoms with Crippen molar-refractivity contribution < 1.29 is 25.2 Å². The number of imide groups is 1. The highest BCUT2D eigenvalue weighted by molar-refractivity contribution is 8.00. The molecule has 2 rings (SSSR count). The molecule has 20 heavy (non-hydrogen) atoms. The number of carbonyl (C=O) groups is 3. The summed E-state index contributed by atoms with van der Waals surface area (Å²) in [5.74, 6) is -1.69. The summed E-state index contributed by atoms with van der Waals surface area (Å²) in [6, 6.07) is 7.78. The molecular weight excluding hydrogens is 280 g/mol. The number of hydrogen-bond donors (Lipinski definition) is 1. The maximum absolute atomic E-state index is 12.2. The van der Waals surface area contributed by atoms with E-state index in [1.807, 2.05) is 0 Å². The molecule has 6 nitrogen and oxygen atoms in total. The van der Waals surface area contributed by atoms with E-state index in [0.29, 0.717) is 5.69 Å². The number of carbonyl (C=O) groups excluding carboxylic acids is 3. The van der Waals surface area contributed by atoms with Gasteiger partial charge in [0.1, 0.15) is 6.04 Å². The zero-order chi connectivity index (χ0) is 14.7. The molecule has 0 saturated carbocycles. The molecule has 2 amide bonds. The third kappa shape index (κ3) is 3.00. The highest BCUT2D eigenvalue weighted by Gasteiger charge is 2.40. The van der Waals surface area contributed by atoms with Crippen molar-refractivity contribution in [1.29, 1.82) is 0 Å². The summed E-state index contributed by atoms with van der Waals surface area (Å²) in [6.45, 7) is 0. The van der Waals surface area contributed by atoms with E-state index in [-0.39, 0.29) is 24.0 Å². The Balaban J connectivity index is 2.04. The highest BCUT2D eigenvalue weighted by atomic mass is 32.2. The van der Waals surface area contributed by atoms with Crippen LogP contribution in [-0.4, -0.2) is 34.8 Å². The lowest BCUT2D eigenvalue weighted by atomic mass is 10.3. The zero-order valence-electron chi connectivity index (χ0n) is 10.7. The lowest BCUT2D eigenvalue weighted by Crippen LogP contribution is -2.69. The number of anilines is 1. The standard InChI is InChI=1S/C13H14N2O4S/c14-9(13(18)19)7-20-10-6-11(16)15(12(10)17)8-4-2-1-3-5-8/h1-5,9-10H,6-7,14H2,(H,18,19)/t9-,10-/m0/s1. The van der Waals surface area contributed by atoms with Crippen LogP contribution in [0.1, 0.15) is 6.42 Å². The first kappa shape index (κ1) is 14.5. The second kappa shape index (κ2) is 6.06. The molecule has 2 atom stereocenters. The van der Waals surface area contributed by atoms with Gasteiger partial charge in [-0.3, -0.25) is 9.59 Å². The van der Waals surface area contributed by atoms with Crippen LogP contribution in [0.5, 0.6) is 0 Å². The minimum absolute atomic E-state index is 0.0815. The molecule has 1 heterocycles. The van der Waals surface area contributed by atoms with Gasteiger partial charge in [0.05, 0.1) is 22.7 Å². The summed E-state index contributed by atoms with van der Waals surface area (Å²) in [6.07, 6.45) is 0.0815. The predicted molar refractivity (Wildman–Crippen MR) is 71.5 cm³/mol. The van der Waals surface area contributed by atoms with Crippen LogP contribution in [0, 0.1) is 0 Å². The van der Waals surface area contributed by atoms with Crippen LogP contribution in [0.4, 0.5) is 5.69 Å². The van der Waals surface area contributed by atoms with E-state index >= 15 is 0 Å². The van der Waals surface area contributed by atoms with Gasteiger partial charge in [-0.05, 0) is 12.1 Å². The van der Waals surface area contributed by atoms with E-state index in [0.717, 1.165) is 16.7 Å². The van der Waals surface area contributed by atoms with Gasteiger partial charge in [0, 0.05) is 6.42 Å². The van der Waals surface area contributed by atoms with Gasteiger partial charge in [-0.1, -0.05) is 18.2 Å². The van der Waals surface area contributed by atoms with Crippen molar-refractivity contribution in [2.45, 2.75) is 17.7 Å². The van der Waals surface area contributed by atoms with Crippen molar-refractivity contribution in [2.75, 3.05) is 10.7 Å². The average Bonchev–Trinajstić information content (AvgIpc) is 2.71. The fourth-order valence-corrected chi connectivity index (χ4v) is 2.99. The summed E-state index contributed by atoms with van der Waals surface area (Å²) >= 11 is 1.14. The van der Waals surface area contributed by atoms with E-state index < -0.39 is 17.3 Å². The molecule has 1 fully saturated rings. The van der Waals surface area contributed by atoms with Crippen LogP contribution in [0.3, 0.4) is 0 Å². The van der Waals surface area contributed by atoms with Crippen molar-refractivity contribution in [3.8, 4) is 0 Å². The number of hydrogen-bond acceptors (Lipinski definition) is 5. The van der Waals surface area contributed by atoms with Crippen molar-refractivity contribution in [3.05, 3.63) is 30.3 Å². The van der Waals surface area contributed by atoms with E-state index in [1.54, 1.807) is 30.3 Å². The predicted octanol–water partition coefficient (Wildman–Crippen LogP) is -1.59. The number of aliphatic carboxylic acids is 1. The van der Waals surface area contributed by atoms with Gasteiger partial charge < -0.3 is 15.6 Å². The van der Waals surface area contributed by atoms with Crippen molar-refractivity contribution in [2.24, 2.45) is 0 Å². The molecule has 3 N–H and O–H groups in total. The van der Waals surface area contributed by atoms with Crippen LogP contribution in [-0.2, 0) is 14.4 Å². The maximum Gasteiger partial charge on any atom is 0.247 e. The minimum Gasteiger partial charge on any atom is -0.544 e. The van der Waals surface area contributed by atoms with E-state index in [1.165, 1.54) is 0 Å². The number of carboxylic acids is 1. The van der Waals surface area contributed by atoms with E-state index in [2.05, 4.69) is 5.73 Å². The molecular formula is C13H14N2O4S. The molecule has 0 spiro atoms. The van der Waals surface area contributed by atoms with E-state index in [9.17, 15) is 19.5 Å². The number of nitrogens with zero attached hydrogens (tertiary/aromatic N) is 1. The molecule has 1 aromatic carbocycles. The van der Waals surface area contributed by atoms with Crippen LogP contribution in [0.2, 0.25) is 0 Å². The number of quaternary nitrogens is 1. The zero-order valence-corrected chi connectivity index (χ0v) is 11.5. The number of carboxylic acid groups (broad SMARTS) is 1. The van der Waals surface area contributed by atoms with Crippen molar-refractivity contribution in [1.82, 2.24) is 0 Å². The molecule has 7 heteroatoms. The lowest BCUT2D eigenvalue weighted by Gasteiger charge is -2.15. The number of benzene rings is 1. The number of thioether (sulfide) groups is 1. The summed E-state index contributed by atoms with van der Waals surface area (Å²) < 4.78 is 0. The molecule has 1 aliphatic heterocycles. The smallest absolute Gasteiger partial charge is 0.247 e. The molecule has 1 aliphatic rings. The van der Waals surface area contributed by atoms with Gasteiger partial charge in [0.25, 0.3) is 0 Å². The highest BCUT2D eigenvalue weighted by Crippen LogP contribution is 2.29. The lowest BCUT2D eigenvalue weighted by molar-refractivity contribution is -0.431. The SMILES string of the molecule is [NH3+][C@@H](CS[C@H]1CC(=O)N(c2ccccc2)C1=O)C(=O)[O-]. The Morgan fingerprint density at radius 3 is 2.65 bits per heavy atom. The maximum atomic E-state index is 12.2. The quantitative estimate of drug-likeness (QED) is 0.659. The summed E-state index contributed by atoms with van der Waals surface area (Å²) in [5.41, 5.74) is 3.97. The Bertz CT molecular complexity index is 534. The van der Waals surface area contributed by atoms with Crippen LogP contribution in [0.25, 0.3) is 0 Å². The van der Waals surface area contributed by atoms with Crippen molar-refractivity contribution >= 4 is 35.2 Å². The molecule has 0 bridgehead atoms. The summed E-state index contributed by atoms with van der Waals surface area (Å²) in [4.78, 5) is 35.9. The molecule has 0 unspecified atom stereocenters. The normalized spacial score (nSPS) is 20.2. The first-order valence-corrected chi connectivity index (χ1v) is 7.13. The van der Waals surface area contributed by atoms with Crippen molar-refractivity contribution in [3.63, 3.8) is 0 Å². The van der Waals surface area contributed by atoms with Gasteiger partial charge in [0.15, 0.2) is 0 Å². The van der Waals surface area contributed by atoms with Gasteiger partial charge in [0.2, 0.25) is 11.8 Å². The monoisotopic (exact) mass is 294 g/mol. The molecule has 0 aromatic heterocycles. The Morgan fingerprint density at radius 1 is 1.40 bits per heavy atom. The Labute approximate surface area is 119 Å². The van der Waals surface area contributed by atoms with Gasteiger partial charge in [-0.2, -0.15) is 0 Å². The molecule has 0 aliphatic carbocycles. The Morgan fingerprint density at radius 2 is 2.05 bits per heavy atom. The van der Waals surface area contributed by atoms with Crippen LogP contribution < -0.4 is 15.7 Å². The molecule has 1 saturated heterocycles. The third-order valence-corrected chi connectivity index (χ3v) is 4.32. The molecule has 106 valence electrons. The van der Waals surface area contributed by atoms with Crippen LogP contribution in [0.15, 0.2) is 30.3 Å². The summed E-state index contributed by atoms with van der Waals surface area (Å²) in [5, 5.41) is 10.0. The molecule has 0 radical (unpaired) electrons. The number of amides is 2. The Kier molecular flexibility index (Phi) is 4.41. The van der Waals surface area contributed by atoms with Crippen LogP contribution >= 0.6 is 11.8 Å². The Hall–Kier alpha value is -1.86. The fraction of sp³-hybridized carbons (Fsp3) is 0.308. The van der Waals surface area contributed by atoms with Gasteiger partial charge >= 0.3 is 0 Å². The van der Waals surface area contributed by atoms with E-state index in [4.69, 9.17) is 0 Å².